The zero-order chi connectivity index (χ0) is 21.0. The molecule has 0 atom stereocenters. The van der Waals surface area contributed by atoms with E-state index in [1.54, 1.807) is 6.92 Å². The molecule has 0 aliphatic rings. The number of amides is 1. The van der Waals surface area contributed by atoms with Crippen LogP contribution in [0.15, 0.2) is 59.5 Å². The van der Waals surface area contributed by atoms with Crippen LogP contribution in [-0.2, 0) is 10.0 Å². The highest BCUT2D eigenvalue weighted by atomic mass is 32.2. The van der Waals surface area contributed by atoms with Crippen molar-refractivity contribution < 1.29 is 13.2 Å². The van der Waals surface area contributed by atoms with Crippen molar-refractivity contribution in [3.05, 3.63) is 66.0 Å². The number of thiocarbonyl (C=S) groups is 1. The van der Waals surface area contributed by atoms with Gasteiger partial charge in [0.15, 0.2) is 10.8 Å². The lowest BCUT2D eigenvalue weighted by Crippen LogP contribution is -2.44. The molecule has 10 nitrogen and oxygen atoms in total. The van der Waals surface area contributed by atoms with Crippen LogP contribution in [0.3, 0.4) is 0 Å². The predicted octanol–water partition coefficient (Wildman–Crippen LogP) is 0.855. The van der Waals surface area contributed by atoms with Gasteiger partial charge in [0, 0.05) is 5.69 Å². The second-order valence-electron chi connectivity index (χ2n) is 5.87. The molecule has 0 saturated carbocycles. The average molecular weight is 432 g/mol. The molecule has 0 spiro atoms. The van der Waals surface area contributed by atoms with Gasteiger partial charge in [0.05, 0.1) is 16.3 Å². The number of nitrogens with one attached hydrogen (secondary N) is 3. The molecule has 3 aromatic rings. The van der Waals surface area contributed by atoms with Crippen molar-refractivity contribution in [2.75, 3.05) is 5.32 Å². The molecule has 0 saturated heterocycles. The Morgan fingerprint density at radius 2 is 1.72 bits per heavy atom. The quantitative estimate of drug-likeness (QED) is 0.352. The molecule has 0 aliphatic heterocycles. The summed E-state index contributed by atoms with van der Waals surface area (Å²) in [5.74, 6) is -0.535. The second kappa shape index (κ2) is 8.34. The first-order valence-corrected chi connectivity index (χ1v) is 10.2. The van der Waals surface area contributed by atoms with Crippen LogP contribution in [0.1, 0.15) is 16.2 Å². The summed E-state index contributed by atoms with van der Waals surface area (Å²) in [4.78, 5) is 12.4. The Kier molecular flexibility index (Phi) is 5.87. The molecule has 2 aromatic carbocycles. The van der Waals surface area contributed by atoms with E-state index in [0.29, 0.717) is 11.4 Å². The lowest BCUT2D eigenvalue weighted by Gasteiger charge is -2.11. The SMILES string of the molecule is Cc1c(C(=O)NNC(=S)Nc2ccccc2)nnn1-c1ccc(S(N)(=O)=O)cc1. The smallest absolute Gasteiger partial charge is 0.292 e. The maximum Gasteiger partial charge on any atom is 0.292 e. The first kappa shape index (κ1) is 20.4. The van der Waals surface area contributed by atoms with Gasteiger partial charge < -0.3 is 5.32 Å². The second-order valence-corrected chi connectivity index (χ2v) is 7.84. The Labute approximate surface area is 172 Å². The van der Waals surface area contributed by atoms with Gasteiger partial charge in [0.2, 0.25) is 10.0 Å². The molecule has 1 aromatic heterocycles. The van der Waals surface area contributed by atoms with E-state index in [2.05, 4.69) is 26.5 Å². The highest BCUT2D eigenvalue weighted by molar-refractivity contribution is 7.89. The van der Waals surface area contributed by atoms with E-state index in [0.717, 1.165) is 5.69 Å². The fraction of sp³-hybridized carbons (Fsp3) is 0.0588. The number of nitrogens with two attached hydrogens (primary N) is 1. The highest BCUT2D eigenvalue weighted by Crippen LogP contribution is 2.15. The number of carbonyl (C=O) groups excluding carboxylic acids is 1. The molecule has 150 valence electrons. The molecule has 0 radical (unpaired) electrons. The number of rotatable bonds is 4. The number of nitrogens with zero attached hydrogens (tertiary/aromatic N) is 3. The van der Waals surface area contributed by atoms with E-state index >= 15 is 0 Å². The molecule has 0 unspecified atom stereocenters. The van der Waals surface area contributed by atoms with E-state index in [1.807, 2.05) is 30.3 Å². The van der Waals surface area contributed by atoms with E-state index in [1.165, 1.54) is 28.9 Å². The summed E-state index contributed by atoms with van der Waals surface area (Å²) in [6, 6.07) is 14.9. The third-order valence-electron chi connectivity index (χ3n) is 3.84. The number of primary sulfonamides is 1. The topological polar surface area (TPSA) is 144 Å². The van der Waals surface area contributed by atoms with Crippen LogP contribution in [-0.4, -0.2) is 34.4 Å². The van der Waals surface area contributed by atoms with Crippen molar-refractivity contribution in [1.82, 2.24) is 25.8 Å². The fourth-order valence-electron chi connectivity index (χ4n) is 2.42. The van der Waals surface area contributed by atoms with Crippen LogP contribution in [0.4, 0.5) is 5.69 Å². The summed E-state index contributed by atoms with van der Waals surface area (Å²) in [6.07, 6.45) is 0. The maximum absolute atomic E-state index is 12.4. The minimum absolute atomic E-state index is 0.0272. The summed E-state index contributed by atoms with van der Waals surface area (Å²) >= 11 is 5.12. The molecule has 0 bridgehead atoms. The molecule has 1 amide bonds. The zero-order valence-electron chi connectivity index (χ0n) is 15.2. The summed E-state index contributed by atoms with van der Waals surface area (Å²) < 4.78 is 24.1. The lowest BCUT2D eigenvalue weighted by molar-refractivity contribution is 0.0938. The first-order chi connectivity index (χ1) is 13.8. The Morgan fingerprint density at radius 3 is 2.34 bits per heavy atom. The van der Waals surface area contributed by atoms with E-state index in [9.17, 15) is 13.2 Å². The molecule has 0 fully saturated rings. The summed E-state index contributed by atoms with van der Waals surface area (Å²) in [5, 5.41) is 16.0. The summed E-state index contributed by atoms with van der Waals surface area (Å²) in [6.45, 7) is 1.66. The van der Waals surface area contributed by atoms with Gasteiger partial charge in [0.1, 0.15) is 0 Å². The van der Waals surface area contributed by atoms with Crippen molar-refractivity contribution in [3.63, 3.8) is 0 Å². The van der Waals surface area contributed by atoms with Crippen LogP contribution >= 0.6 is 12.2 Å². The minimum atomic E-state index is -3.79. The Bertz CT molecular complexity index is 1140. The van der Waals surface area contributed by atoms with Gasteiger partial charge in [0.25, 0.3) is 5.91 Å². The number of carbonyl (C=O) groups is 1. The van der Waals surface area contributed by atoms with Crippen molar-refractivity contribution >= 4 is 38.9 Å². The third-order valence-corrected chi connectivity index (χ3v) is 4.97. The van der Waals surface area contributed by atoms with Gasteiger partial charge in [-0.25, -0.2) is 18.2 Å². The molecule has 0 aliphatic carbocycles. The van der Waals surface area contributed by atoms with Crippen molar-refractivity contribution in [2.24, 2.45) is 5.14 Å². The van der Waals surface area contributed by atoms with Gasteiger partial charge in [-0.2, -0.15) is 0 Å². The van der Waals surface area contributed by atoms with Crippen LogP contribution in [0, 0.1) is 6.92 Å². The predicted molar refractivity (Wildman–Crippen MR) is 111 cm³/mol. The Balaban J connectivity index is 1.67. The number of anilines is 1. The largest absolute Gasteiger partial charge is 0.331 e. The molecule has 5 N–H and O–H groups in total. The number of para-hydroxylation sites is 1. The molecular formula is C17H17N7O3S2. The Hall–Kier alpha value is -3.35. The normalized spacial score (nSPS) is 11.0. The number of aromatic nitrogens is 3. The van der Waals surface area contributed by atoms with Gasteiger partial charge in [-0.1, -0.05) is 23.4 Å². The number of hydrogen-bond donors (Lipinski definition) is 4. The average Bonchev–Trinajstić information content (AvgIpc) is 3.08. The molecular weight excluding hydrogens is 414 g/mol. The number of sulfonamides is 1. The molecule has 29 heavy (non-hydrogen) atoms. The van der Waals surface area contributed by atoms with Gasteiger partial charge >= 0.3 is 0 Å². The number of benzene rings is 2. The first-order valence-electron chi connectivity index (χ1n) is 8.23. The van der Waals surface area contributed by atoms with Crippen molar-refractivity contribution in [2.45, 2.75) is 11.8 Å². The maximum atomic E-state index is 12.4. The highest BCUT2D eigenvalue weighted by Gasteiger charge is 2.18. The monoisotopic (exact) mass is 431 g/mol. The van der Waals surface area contributed by atoms with Crippen molar-refractivity contribution in [3.8, 4) is 5.69 Å². The minimum Gasteiger partial charge on any atom is -0.331 e. The van der Waals surface area contributed by atoms with Gasteiger partial charge in [-0.05, 0) is 55.5 Å². The van der Waals surface area contributed by atoms with Crippen LogP contribution in [0.2, 0.25) is 0 Å². The van der Waals surface area contributed by atoms with Crippen LogP contribution in [0.25, 0.3) is 5.69 Å². The van der Waals surface area contributed by atoms with Crippen LogP contribution < -0.4 is 21.3 Å². The number of hydrogen-bond acceptors (Lipinski definition) is 6. The lowest BCUT2D eigenvalue weighted by atomic mass is 10.3. The fourth-order valence-corrected chi connectivity index (χ4v) is 3.10. The third kappa shape index (κ3) is 4.93. The summed E-state index contributed by atoms with van der Waals surface area (Å²) in [7, 11) is -3.79. The van der Waals surface area contributed by atoms with E-state index in [4.69, 9.17) is 17.4 Å². The Morgan fingerprint density at radius 1 is 1.07 bits per heavy atom. The standard InChI is InChI=1S/C17H17N7O3S2/c1-11-15(16(25)21-22-17(28)19-12-5-3-2-4-6-12)20-23-24(11)13-7-9-14(10-8-13)29(18,26)27/h2-10H,1H3,(H,21,25)(H2,18,26,27)(H2,19,22,28). The van der Waals surface area contributed by atoms with Crippen LogP contribution in [0.5, 0.6) is 0 Å². The summed E-state index contributed by atoms with van der Waals surface area (Å²) in [5.41, 5.74) is 6.87. The van der Waals surface area contributed by atoms with E-state index < -0.39 is 15.9 Å². The van der Waals surface area contributed by atoms with Crippen molar-refractivity contribution in [1.29, 1.82) is 0 Å². The zero-order valence-corrected chi connectivity index (χ0v) is 16.8. The van der Waals surface area contributed by atoms with Gasteiger partial charge in [-0.15, -0.1) is 5.10 Å². The molecule has 1 heterocycles. The molecule has 12 heteroatoms. The molecule has 3 rings (SSSR count). The van der Waals surface area contributed by atoms with E-state index in [-0.39, 0.29) is 15.7 Å². The number of hydrazine groups is 1. The van der Waals surface area contributed by atoms with Gasteiger partial charge in [-0.3, -0.25) is 15.6 Å².